The van der Waals surface area contributed by atoms with E-state index in [-0.39, 0.29) is 17.9 Å². The number of amides is 2. The minimum Gasteiger partial charge on any atom is -0.444 e. The number of fused-ring (bicyclic) bond motifs is 1. The number of piperidine rings is 1. The van der Waals surface area contributed by atoms with Crippen LogP contribution in [0.2, 0.25) is 0 Å². The van der Waals surface area contributed by atoms with Gasteiger partial charge in [0.05, 0.1) is 21.1 Å². The highest BCUT2D eigenvalue weighted by molar-refractivity contribution is 14.1. The van der Waals surface area contributed by atoms with E-state index in [1.165, 1.54) is 6.20 Å². The molecule has 220 valence electrons. The molecule has 0 unspecified atom stereocenters. The Hall–Kier alpha value is -3.52. The van der Waals surface area contributed by atoms with Crippen LogP contribution in [-0.2, 0) is 4.74 Å². The van der Waals surface area contributed by atoms with E-state index in [1.54, 1.807) is 27.9 Å². The molecule has 2 aliphatic rings. The number of nitrogens with zero attached hydrogens (tertiary/aromatic N) is 7. The molecule has 11 nitrogen and oxygen atoms in total. The Morgan fingerprint density at radius 2 is 1.81 bits per heavy atom. The Morgan fingerprint density at radius 1 is 1.10 bits per heavy atom. The lowest BCUT2D eigenvalue weighted by molar-refractivity contribution is -0.0197. The molecule has 1 N–H and O–H groups in total. The van der Waals surface area contributed by atoms with Gasteiger partial charge in [-0.3, -0.25) is 9.69 Å². The predicted octanol–water partition coefficient (Wildman–Crippen LogP) is 4.88. The number of ether oxygens (including phenoxy) is 1. The van der Waals surface area contributed by atoms with Gasteiger partial charge in [-0.15, -0.1) is 0 Å². The van der Waals surface area contributed by atoms with E-state index in [0.29, 0.717) is 36.2 Å². The number of hydrogen-bond acceptors (Lipinski definition) is 7. The van der Waals surface area contributed by atoms with Crippen LogP contribution in [0.5, 0.6) is 0 Å². The van der Waals surface area contributed by atoms with E-state index in [4.69, 9.17) is 9.84 Å². The van der Waals surface area contributed by atoms with Crippen molar-refractivity contribution in [3.05, 3.63) is 69.3 Å². The number of carbonyl (C=O) groups is 2. The number of hydrogen-bond donors (Lipinski definition) is 1. The van der Waals surface area contributed by atoms with Crippen LogP contribution >= 0.6 is 22.6 Å². The molecule has 12 heteroatoms. The number of rotatable bonds is 5. The van der Waals surface area contributed by atoms with Crippen LogP contribution in [0.1, 0.15) is 61.1 Å². The number of benzene rings is 1. The van der Waals surface area contributed by atoms with Gasteiger partial charge in [0.15, 0.2) is 5.65 Å². The molecule has 5 heterocycles. The van der Waals surface area contributed by atoms with Crippen LogP contribution in [0, 0.1) is 10.5 Å². The van der Waals surface area contributed by atoms with Crippen LogP contribution in [0.4, 0.5) is 10.6 Å². The normalized spacial score (nSPS) is 16.9. The van der Waals surface area contributed by atoms with Gasteiger partial charge in [0.2, 0.25) is 0 Å². The molecule has 6 rings (SSSR count). The average molecular weight is 683 g/mol. The summed E-state index contributed by atoms with van der Waals surface area (Å²) in [5.74, 6) is 0.621. The van der Waals surface area contributed by atoms with Crippen LogP contribution in [0.3, 0.4) is 0 Å². The number of halogens is 1. The summed E-state index contributed by atoms with van der Waals surface area (Å²) in [5.41, 5.74) is 3.44. The second-order valence-electron chi connectivity index (χ2n) is 12.0. The highest BCUT2D eigenvalue weighted by atomic mass is 127. The Bertz CT molecular complexity index is 1610. The first-order valence-electron chi connectivity index (χ1n) is 14.2. The first kappa shape index (κ1) is 28.6. The van der Waals surface area contributed by atoms with E-state index in [0.717, 1.165) is 46.4 Å². The smallest absolute Gasteiger partial charge is 0.410 e. The van der Waals surface area contributed by atoms with Crippen molar-refractivity contribution < 1.29 is 14.3 Å². The van der Waals surface area contributed by atoms with Gasteiger partial charge >= 0.3 is 6.09 Å². The lowest BCUT2D eigenvalue weighted by atomic mass is 9.91. The van der Waals surface area contributed by atoms with E-state index in [9.17, 15) is 9.59 Å². The third-order valence-electron chi connectivity index (χ3n) is 7.83. The predicted molar refractivity (Wildman–Crippen MR) is 167 cm³/mol. The molecule has 1 aromatic carbocycles. The second-order valence-corrected chi connectivity index (χ2v) is 13.1. The maximum Gasteiger partial charge on any atom is 0.410 e. The van der Waals surface area contributed by atoms with E-state index < -0.39 is 5.60 Å². The summed E-state index contributed by atoms with van der Waals surface area (Å²) in [6, 6.07) is 10.3. The highest BCUT2D eigenvalue weighted by Gasteiger charge is 2.39. The van der Waals surface area contributed by atoms with E-state index in [2.05, 4.69) is 42.9 Å². The van der Waals surface area contributed by atoms with Gasteiger partial charge in [-0.05, 0) is 94.4 Å². The fourth-order valence-corrected chi connectivity index (χ4v) is 6.43. The summed E-state index contributed by atoms with van der Waals surface area (Å²) in [6.07, 6.45) is 6.63. The van der Waals surface area contributed by atoms with Gasteiger partial charge in [0.1, 0.15) is 17.0 Å². The zero-order valence-electron chi connectivity index (χ0n) is 24.2. The quantitative estimate of drug-likeness (QED) is 0.299. The molecule has 42 heavy (non-hydrogen) atoms. The van der Waals surface area contributed by atoms with Gasteiger partial charge < -0.3 is 15.0 Å². The number of aryl methyl sites for hydroxylation is 1. The standard InChI is InChI=1S/C30H35IN8O3/c1-19-6-8-21(9-7-19)39-27(34-28(40)23-16-33-38-13-5-12-32-26(23)38)24(31)25(35-39)20-10-14-36(15-11-20)22-17-37(18-22)29(41)42-30(2,3)4/h5-9,12-13,16,20,22H,10-11,14-15,17-18H2,1-4H3,(H,34,40). The third-order valence-corrected chi connectivity index (χ3v) is 8.90. The van der Waals surface area contributed by atoms with Crippen LogP contribution in [-0.4, -0.2) is 84.0 Å². The molecule has 0 saturated carbocycles. The Labute approximate surface area is 258 Å². The van der Waals surface area contributed by atoms with Crippen molar-refractivity contribution in [3.8, 4) is 5.69 Å². The maximum atomic E-state index is 13.5. The molecular formula is C30H35IN8O3. The number of likely N-dealkylation sites (tertiary alicyclic amines) is 2. The number of anilines is 1. The second kappa shape index (κ2) is 11.3. The van der Waals surface area contributed by atoms with Gasteiger partial charge in [-0.2, -0.15) is 10.2 Å². The summed E-state index contributed by atoms with van der Waals surface area (Å²) < 4.78 is 9.87. The van der Waals surface area contributed by atoms with Crippen molar-refractivity contribution in [1.82, 2.24) is 34.2 Å². The SMILES string of the molecule is Cc1ccc(-n2nc(C3CCN(C4CN(C(=O)OC(C)(C)C)C4)CC3)c(I)c2NC(=O)c2cnn3cccnc23)cc1. The molecule has 2 aliphatic heterocycles. The largest absolute Gasteiger partial charge is 0.444 e. The fraction of sp³-hybridized carbons (Fsp3) is 0.433. The van der Waals surface area contributed by atoms with Gasteiger partial charge in [-0.1, -0.05) is 17.7 Å². The lowest BCUT2D eigenvalue weighted by Crippen LogP contribution is -2.62. The molecule has 0 atom stereocenters. The number of aromatic nitrogens is 5. The minimum atomic E-state index is -0.484. The number of nitrogens with one attached hydrogen (secondary N) is 1. The lowest BCUT2D eigenvalue weighted by Gasteiger charge is -2.47. The third kappa shape index (κ3) is 5.74. The summed E-state index contributed by atoms with van der Waals surface area (Å²) in [7, 11) is 0. The Balaban J connectivity index is 1.19. The van der Waals surface area contributed by atoms with Crippen molar-refractivity contribution >= 4 is 46.1 Å². The first-order chi connectivity index (χ1) is 20.1. The molecule has 3 aromatic heterocycles. The minimum absolute atomic E-state index is 0.237. The van der Waals surface area contributed by atoms with Crippen LogP contribution in [0.25, 0.3) is 11.3 Å². The van der Waals surface area contributed by atoms with Crippen molar-refractivity contribution in [1.29, 1.82) is 0 Å². The molecule has 2 amide bonds. The van der Waals surface area contributed by atoms with Crippen LogP contribution in [0.15, 0.2) is 48.9 Å². The first-order valence-corrected chi connectivity index (χ1v) is 15.3. The van der Waals surface area contributed by atoms with E-state index in [1.807, 2.05) is 56.6 Å². The molecule has 4 aromatic rings. The van der Waals surface area contributed by atoms with Gasteiger partial charge in [0, 0.05) is 37.4 Å². The molecule has 0 aliphatic carbocycles. The molecule has 0 bridgehead atoms. The average Bonchev–Trinajstić information content (AvgIpc) is 3.49. The summed E-state index contributed by atoms with van der Waals surface area (Å²) >= 11 is 2.32. The summed E-state index contributed by atoms with van der Waals surface area (Å²) in [4.78, 5) is 34.4. The highest BCUT2D eigenvalue weighted by Crippen LogP contribution is 2.36. The van der Waals surface area contributed by atoms with Gasteiger partial charge in [-0.25, -0.2) is 19.0 Å². The molecule has 0 radical (unpaired) electrons. The fourth-order valence-electron chi connectivity index (χ4n) is 5.52. The summed E-state index contributed by atoms with van der Waals surface area (Å²) in [6.45, 7) is 11.0. The van der Waals surface area contributed by atoms with Crippen molar-refractivity contribution in [2.45, 2.75) is 58.1 Å². The van der Waals surface area contributed by atoms with Crippen molar-refractivity contribution in [2.24, 2.45) is 0 Å². The summed E-state index contributed by atoms with van der Waals surface area (Å²) in [5, 5.41) is 12.5. The molecule has 2 fully saturated rings. The Morgan fingerprint density at radius 3 is 2.50 bits per heavy atom. The van der Waals surface area contributed by atoms with Crippen molar-refractivity contribution in [3.63, 3.8) is 0 Å². The topological polar surface area (TPSA) is 110 Å². The van der Waals surface area contributed by atoms with E-state index >= 15 is 0 Å². The van der Waals surface area contributed by atoms with Crippen molar-refractivity contribution in [2.75, 3.05) is 31.5 Å². The molecule has 0 spiro atoms. The number of carbonyl (C=O) groups excluding carboxylic acids is 2. The van der Waals surface area contributed by atoms with Crippen LogP contribution < -0.4 is 5.32 Å². The zero-order valence-corrected chi connectivity index (χ0v) is 26.4. The Kier molecular flexibility index (Phi) is 7.68. The zero-order chi connectivity index (χ0) is 29.6. The molecule has 2 saturated heterocycles. The maximum absolute atomic E-state index is 13.5. The van der Waals surface area contributed by atoms with Gasteiger partial charge in [0.25, 0.3) is 5.91 Å². The monoisotopic (exact) mass is 682 g/mol. The molecular weight excluding hydrogens is 647 g/mol.